The number of carbonyl (C=O) groups excluding carboxylic acids is 2. The highest BCUT2D eigenvalue weighted by atomic mass is 16.5. The lowest BCUT2D eigenvalue weighted by atomic mass is 10.0. The third kappa shape index (κ3) is 2.25. The van der Waals surface area contributed by atoms with Crippen LogP contribution >= 0.6 is 0 Å². The van der Waals surface area contributed by atoms with Gasteiger partial charge in [-0.2, -0.15) is 0 Å². The Morgan fingerprint density at radius 2 is 2.27 bits per heavy atom. The molecule has 1 aromatic rings. The fourth-order valence-corrected chi connectivity index (χ4v) is 1.26. The highest BCUT2D eigenvalue weighted by Crippen LogP contribution is 2.23. The first kappa shape index (κ1) is 11.0. The van der Waals surface area contributed by atoms with Crippen LogP contribution in [-0.2, 0) is 16.0 Å². The van der Waals surface area contributed by atoms with Gasteiger partial charge in [0.1, 0.15) is 12.0 Å². The van der Waals surface area contributed by atoms with Gasteiger partial charge in [-0.1, -0.05) is 12.1 Å². The van der Waals surface area contributed by atoms with E-state index >= 15 is 0 Å². The molecule has 0 spiro atoms. The standard InChI is InChI=1S/C10H9NO4/c1-15-10(13)9-7(5-6-12)3-2-4-8(9)11-14/h2-4,6H,5H2,1H3. The highest BCUT2D eigenvalue weighted by molar-refractivity contribution is 5.97. The number of hydrogen-bond acceptors (Lipinski definition) is 5. The summed E-state index contributed by atoms with van der Waals surface area (Å²) in [6, 6.07) is 4.53. The summed E-state index contributed by atoms with van der Waals surface area (Å²) in [5, 5.41) is 2.72. The molecule has 0 amide bonds. The van der Waals surface area contributed by atoms with Gasteiger partial charge in [0.05, 0.1) is 12.7 Å². The van der Waals surface area contributed by atoms with Crippen LogP contribution in [0.15, 0.2) is 23.4 Å². The third-order valence-corrected chi connectivity index (χ3v) is 1.92. The van der Waals surface area contributed by atoms with E-state index in [4.69, 9.17) is 0 Å². The minimum absolute atomic E-state index is 0.0128. The number of nitrogens with zero attached hydrogens (tertiary/aromatic N) is 1. The van der Waals surface area contributed by atoms with Gasteiger partial charge in [-0.25, -0.2) is 4.79 Å². The van der Waals surface area contributed by atoms with Crippen molar-refractivity contribution in [2.45, 2.75) is 6.42 Å². The van der Waals surface area contributed by atoms with Gasteiger partial charge >= 0.3 is 5.97 Å². The van der Waals surface area contributed by atoms with E-state index in [2.05, 4.69) is 9.91 Å². The van der Waals surface area contributed by atoms with Gasteiger partial charge < -0.3 is 9.53 Å². The summed E-state index contributed by atoms with van der Waals surface area (Å²) in [6.45, 7) is 0. The van der Waals surface area contributed by atoms with Gasteiger partial charge in [-0.05, 0) is 16.8 Å². The molecule has 1 aromatic carbocycles. The Kier molecular flexibility index (Phi) is 3.68. The van der Waals surface area contributed by atoms with E-state index < -0.39 is 5.97 Å². The molecule has 0 aliphatic carbocycles. The fourth-order valence-electron chi connectivity index (χ4n) is 1.26. The van der Waals surface area contributed by atoms with Crippen LogP contribution in [0.25, 0.3) is 0 Å². The SMILES string of the molecule is COC(=O)c1c(CC=O)cccc1N=O. The van der Waals surface area contributed by atoms with E-state index in [1.54, 1.807) is 12.1 Å². The molecule has 5 heteroatoms. The average molecular weight is 207 g/mol. The van der Waals surface area contributed by atoms with Crippen LogP contribution in [0.2, 0.25) is 0 Å². The summed E-state index contributed by atoms with van der Waals surface area (Å²) < 4.78 is 4.51. The maximum Gasteiger partial charge on any atom is 0.340 e. The summed E-state index contributed by atoms with van der Waals surface area (Å²) in [5.41, 5.74) is 0.484. The van der Waals surface area contributed by atoms with Gasteiger partial charge in [-0.15, -0.1) is 4.91 Å². The van der Waals surface area contributed by atoms with E-state index in [0.717, 1.165) is 0 Å². The molecule has 0 saturated carbocycles. The van der Waals surface area contributed by atoms with Crippen molar-refractivity contribution in [2.75, 3.05) is 7.11 Å². The smallest absolute Gasteiger partial charge is 0.340 e. The second kappa shape index (κ2) is 4.99. The number of rotatable bonds is 4. The first-order valence-electron chi connectivity index (χ1n) is 4.21. The molecule has 0 heterocycles. The Balaban J connectivity index is 3.32. The van der Waals surface area contributed by atoms with Crippen molar-refractivity contribution in [3.05, 3.63) is 34.2 Å². The molecule has 0 unspecified atom stereocenters. The number of benzene rings is 1. The molecule has 0 radical (unpaired) electrons. The van der Waals surface area contributed by atoms with Gasteiger partial charge in [0.15, 0.2) is 0 Å². The van der Waals surface area contributed by atoms with E-state index in [1.165, 1.54) is 13.2 Å². The first-order chi connectivity index (χ1) is 7.24. The maximum atomic E-state index is 11.4. The van der Waals surface area contributed by atoms with Crippen molar-refractivity contribution in [1.29, 1.82) is 0 Å². The molecule has 0 atom stereocenters. The maximum absolute atomic E-state index is 11.4. The largest absolute Gasteiger partial charge is 0.465 e. The zero-order valence-corrected chi connectivity index (χ0v) is 8.10. The second-order valence-corrected chi connectivity index (χ2v) is 2.76. The zero-order valence-electron chi connectivity index (χ0n) is 8.10. The number of nitroso groups, excluding NO2 is 1. The number of esters is 1. The van der Waals surface area contributed by atoms with Crippen molar-refractivity contribution in [2.24, 2.45) is 5.18 Å². The molecule has 1 rings (SSSR count). The van der Waals surface area contributed by atoms with Crippen LogP contribution in [0.1, 0.15) is 15.9 Å². The third-order valence-electron chi connectivity index (χ3n) is 1.92. The Bertz CT molecular complexity index is 400. The normalized spacial score (nSPS) is 9.40. The number of aldehydes is 1. The van der Waals surface area contributed by atoms with Crippen molar-refractivity contribution in [1.82, 2.24) is 0 Å². The van der Waals surface area contributed by atoms with E-state index in [1.807, 2.05) is 0 Å². The molecule has 0 aromatic heterocycles. The molecular weight excluding hydrogens is 198 g/mol. The van der Waals surface area contributed by atoms with Crippen molar-refractivity contribution >= 4 is 17.9 Å². The Morgan fingerprint density at radius 3 is 2.80 bits per heavy atom. The van der Waals surface area contributed by atoms with Crippen LogP contribution in [0, 0.1) is 4.91 Å². The second-order valence-electron chi connectivity index (χ2n) is 2.76. The molecule has 78 valence electrons. The number of carbonyl (C=O) groups is 2. The Hall–Kier alpha value is -2.04. The van der Waals surface area contributed by atoms with Crippen LogP contribution in [0.3, 0.4) is 0 Å². The van der Waals surface area contributed by atoms with E-state index in [-0.39, 0.29) is 17.7 Å². The highest BCUT2D eigenvalue weighted by Gasteiger charge is 2.16. The fraction of sp³-hybridized carbons (Fsp3) is 0.200. The summed E-state index contributed by atoms with van der Waals surface area (Å²) in [7, 11) is 1.20. The van der Waals surface area contributed by atoms with Crippen molar-refractivity contribution in [3.8, 4) is 0 Å². The minimum Gasteiger partial charge on any atom is -0.465 e. The molecule has 0 saturated heterocycles. The topological polar surface area (TPSA) is 72.8 Å². The summed E-state index contributed by atoms with van der Waals surface area (Å²) in [4.78, 5) is 32.2. The average Bonchev–Trinajstić information content (AvgIpc) is 2.28. The molecule has 15 heavy (non-hydrogen) atoms. The quantitative estimate of drug-likeness (QED) is 0.427. The molecule has 0 bridgehead atoms. The Labute approximate surface area is 86.0 Å². The van der Waals surface area contributed by atoms with Gasteiger partial charge in [0, 0.05) is 6.42 Å². The number of ether oxygens (including phenoxy) is 1. The van der Waals surface area contributed by atoms with Crippen molar-refractivity contribution < 1.29 is 14.3 Å². The molecule has 0 N–H and O–H groups in total. The lowest BCUT2D eigenvalue weighted by Gasteiger charge is -2.06. The number of hydrogen-bond donors (Lipinski definition) is 0. The summed E-state index contributed by atoms with van der Waals surface area (Å²) >= 11 is 0. The van der Waals surface area contributed by atoms with E-state index in [0.29, 0.717) is 11.8 Å². The van der Waals surface area contributed by atoms with Crippen LogP contribution in [0.5, 0.6) is 0 Å². The molecule has 0 aliphatic rings. The zero-order chi connectivity index (χ0) is 11.3. The summed E-state index contributed by atoms with van der Waals surface area (Å²) in [5.74, 6) is -0.665. The lowest BCUT2D eigenvalue weighted by Crippen LogP contribution is -2.06. The minimum atomic E-state index is -0.665. The lowest BCUT2D eigenvalue weighted by molar-refractivity contribution is -0.107. The first-order valence-corrected chi connectivity index (χ1v) is 4.21. The number of methoxy groups -OCH3 is 1. The monoisotopic (exact) mass is 207 g/mol. The van der Waals surface area contributed by atoms with Crippen LogP contribution in [-0.4, -0.2) is 19.4 Å². The van der Waals surface area contributed by atoms with Crippen LogP contribution < -0.4 is 0 Å². The van der Waals surface area contributed by atoms with Gasteiger partial charge in [-0.3, -0.25) is 0 Å². The predicted molar refractivity (Wildman–Crippen MR) is 53.0 cm³/mol. The predicted octanol–water partition coefficient (Wildman–Crippen LogP) is 1.61. The van der Waals surface area contributed by atoms with Gasteiger partial charge in [0.2, 0.25) is 0 Å². The Morgan fingerprint density at radius 1 is 1.53 bits per heavy atom. The van der Waals surface area contributed by atoms with Gasteiger partial charge in [0.25, 0.3) is 0 Å². The molecule has 0 fully saturated rings. The molecular formula is C10H9NO4. The molecule has 0 aliphatic heterocycles. The van der Waals surface area contributed by atoms with E-state index in [9.17, 15) is 14.5 Å². The summed E-state index contributed by atoms with van der Waals surface area (Å²) in [6.07, 6.45) is 0.699. The van der Waals surface area contributed by atoms with Crippen molar-refractivity contribution in [3.63, 3.8) is 0 Å². The molecule has 5 nitrogen and oxygen atoms in total. The van der Waals surface area contributed by atoms with Crippen LogP contribution in [0.4, 0.5) is 5.69 Å².